The number of para-hydroxylation sites is 1. The highest BCUT2D eigenvalue weighted by molar-refractivity contribution is 6.34. The van der Waals surface area contributed by atoms with Gasteiger partial charge in [-0.2, -0.15) is 0 Å². The number of ether oxygens (including phenoxy) is 1. The lowest BCUT2D eigenvalue weighted by Gasteiger charge is -2.02. The standard InChI is InChI=1S/C14H18O3/c1-2-3-4-8-11-13(15)14(16)17-12-9-6-5-7-10-12/h5-7,9-10H,2-4,8,11H2,1H3. The summed E-state index contributed by atoms with van der Waals surface area (Å²) >= 11 is 0. The van der Waals surface area contributed by atoms with Crippen LogP contribution in [0.2, 0.25) is 0 Å². The Labute approximate surface area is 102 Å². The fourth-order valence-corrected chi connectivity index (χ4v) is 1.47. The molecule has 0 saturated heterocycles. The summed E-state index contributed by atoms with van der Waals surface area (Å²) in [4.78, 5) is 22.8. The third-order valence-corrected chi connectivity index (χ3v) is 2.44. The maximum absolute atomic E-state index is 11.4. The summed E-state index contributed by atoms with van der Waals surface area (Å²) in [6, 6.07) is 8.65. The van der Waals surface area contributed by atoms with Gasteiger partial charge in [0, 0.05) is 6.42 Å². The van der Waals surface area contributed by atoms with E-state index in [9.17, 15) is 9.59 Å². The summed E-state index contributed by atoms with van der Waals surface area (Å²) in [5.41, 5.74) is 0. The lowest BCUT2D eigenvalue weighted by Crippen LogP contribution is -2.20. The van der Waals surface area contributed by atoms with Crippen molar-refractivity contribution in [3.63, 3.8) is 0 Å². The smallest absolute Gasteiger partial charge is 0.379 e. The van der Waals surface area contributed by atoms with Gasteiger partial charge in [0.1, 0.15) is 5.75 Å². The van der Waals surface area contributed by atoms with Crippen LogP contribution in [0.5, 0.6) is 5.75 Å². The molecule has 0 heterocycles. The Bertz CT molecular complexity index is 357. The minimum Gasteiger partial charge on any atom is -0.421 e. The molecule has 0 spiro atoms. The molecule has 3 heteroatoms. The number of Topliss-reactive ketones (excluding diaryl/α,β-unsaturated/α-hetero) is 1. The van der Waals surface area contributed by atoms with E-state index in [1.165, 1.54) is 0 Å². The van der Waals surface area contributed by atoms with Crippen molar-refractivity contribution in [2.75, 3.05) is 0 Å². The number of carbonyl (C=O) groups excluding carboxylic acids is 2. The molecule has 0 saturated carbocycles. The highest BCUT2D eigenvalue weighted by atomic mass is 16.5. The second kappa shape index (κ2) is 7.60. The lowest BCUT2D eigenvalue weighted by atomic mass is 10.1. The van der Waals surface area contributed by atoms with Crippen LogP contribution in [0.3, 0.4) is 0 Å². The van der Waals surface area contributed by atoms with Crippen LogP contribution in [0.1, 0.15) is 39.0 Å². The molecule has 17 heavy (non-hydrogen) atoms. The Morgan fingerprint density at radius 2 is 1.76 bits per heavy atom. The van der Waals surface area contributed by atoms with E-state index in [4.69, 9.17) is 4.74 Å². The van der Waals surface area contributed by atoms with Gasteiger partial charge in [0.25, 0.3) is 0 Å². The third-order valence-electron chi connectivity index (χ3n) is 2.44. The summed E-state index contributed by atoms with van der Waals surface area (Å²) in [6.07, 6.45) is 4.24. The molecular weight excluding hydrogens is 216 g/mol. The zero-order chi connectivity index (χ0) is 12.5. The predicted octanol–water partition coefficient (Wildman–Crippen LogP) is 3.13. The third kappa shape index (κ3) is 5.29. The first-order chi connectivity index (χ1) is 8.24. The second-order valence-corrected chi connectivity index (χ2v) is 3.94. The second-order valence-electron chi connectivity index (χ2n) is 3.94. The van der Waals surface area contributed by atoms with Crippen LogP contribution in [0.15, 0.2) is 30.3 Å². The van der Waals surface area contributed by atoms with Gasteiger partial charge in [-0.1, -0.05) is 44.4 Å². The monoisotopic (exact) mass is 234 g/mol. The van der Waals surface area contributed by atoms with Gasteiger partial charge in [0.05, 0.1) is 0 Å². The molecule has 0 amide bonds. The van der Waals surface area contributed by atoms with Gasteiger partial charge in [-0.25, -0.2) is 4.79 Å². The molecule has 0 aliphatic heterocycles. The summed E-state index contributed by atoms with van der Waals surface area (Å²) in [5, 5.41) is 0. The molecule has 0 aromatic heterocycles. The van der Waals surface area contributed by atoms with E-state index >= 15 is 0 Å². The molecule has 0 bridgehead atoms. The van der Waals surface area contributed by atoms with Crippen LogP contribution in [0, 0.1) is 0 Å². The van der Waals surface area contributed by atoms with Crippen molar-refractivity contribution >= 4 is 11.8 Å². The molecule has 0 aliphatic rings. The van der Waals surface area contributed by atoms with Gasteiger partial charge in [-0.15, -0.1) is 0 Å². The maximum atomic E-state index is 11.4. The number of esters is 1. The van der Waals surface area contributed by atoms with Crippen molar-refractivity contribution < 1.29 is 14.3 Å². The summed E-state index contributed by atoms with van der Waals surface area (Å²) in [7, 11) is 0. The Hall–Kier alpha value is -1.64. The first-order valence-corrected chi connectivity index (χ1v) is 6.04. The number of rotatable bonds is 7. The molecular formula is C14H18O3. The fourth-order valence-electron chi connectivity index (χ4n) is 1.47. The van der Waals surface area contributed by atoms with Crippen LogP contribution >= 0.6 is 0 Å². The van der Waals surface area contributed by atoms with E-state index in [-0.39, 0.29) is 6.42 Å². The van der Waals surface area contributed by atoms with E-state index < -0.39 is 11.8 Å². The normalized spacial score (nSPS) is 9.94. The Morgan fingerprint density at radius 1 is 1.06 bits per heavy atom. The van der Waals surface area contributed by atoms with E-state index in [0.29, 0.717) is 5.75 Å². The predicted molar refractivity (Wildman–Crippen MR) is 65.8 cm³/mol. The largest absolute Gasteiger partial charge is 0.421 e. The van der Waals surface area contributed by atoms with Crippen LogP contribution in [-0.4, -0.2) is 11.8 Å². The molecule has 0 atom stereocenters. The van der Waals surface area contributed by atoms with Crippen molar-refractivity contribution in [1.82, 2.24) is 0 Å². The topological polar surface area (TPSA) is 43.4 Å². The minimum atomic E-state index is -0.757. The van der Waals surface area contributed by atoms with Gasteiger partial charge in [0.2, 0.25) is 5.78 Å². The van der Waals surface area contributed by atoms with Crippen LogP contribution in [-0.2, 0) is 9.59 Å². The number of unbranched alkanes of at least 4 members (excludes halogenated alkanes) is 3. The van der Waals surface area contributed by atoms with Crippen molar-refractivity contribution in [3.8, 4) is 5.75 Å². The Kier molecular flexibility index (Phi) is 6.00. The quantitative estimate of drug-likeness (QED) is 0.315. The number of hydrogen-bond acceptors (Lipinski definition) is 3. The van der Waals surface area contributed by atoms with Gasteiger partial charge in [-0.3, -0.25) is 4.79 Å². The molecule has 1 aromatic carbocycles. The SMILES string of the molecule is CCCCCCC(=O)C(=O)Oc1ccccc1. The van der Waals surface area contributed by atoms with E-state index in [2.05, 4.69) is 6.92 Å². The zero-order valence-corrected chi connectivity index (χ0v) is 10.1. The maximum Gasteiger partial charge on any atom is 0.379 e. The van der Waals surface area contributed by atoms with Crippen LogP contribution in [0.25, 0.3) is 0 Å². The number of ketones is 1. The Morgan fingerprint density at radius 3 is 2.41 bits per heavy atom. The first kappa shape index (κ1) is 13.4. The van der Waals surface area contributed by atoms with Crippen molar-refractivity contribution in [1.29, 1.82) is 0 Å². The summed E-state index contributed by atoms with van der Waals surface area (Å²) in [5.74, 6) is -0.780. The minimum absolute atomic E-state index is 0.283. The Balaban J connectivity index is 2.30. The van der Waals surface area contributed by atoms with Crippen molar-refractivity contribution in [2.45, 2.75) is 39.0 Å². The number of hydrogen-bond donors (Lipinski definition) is 0. The van der Waals surface area contributed by atoms with E-state index in [1.807, 2.05) is 6.07 Å². The molecule has 3 nitrogen and oxygen atoms in total. The van der Waals surface area contributed by atoms with Crippen molar-refractivity contribution in [3.05, 3.63) is 30.3 Å². The van der Waals surface area contributed by atoms with Gasteiger partial charge < -0.3 is 4.74 Å². The van der Waals surface area contributed by atoms with Gasteiger partial charge in [0.15, 0.2) is 0 Å². The fraction of sp³-hybridized carbons (Fsp3) is 0.429. The highest BCUT2D eigenvalue weighted by Crippen LogP contribution is 2.10. The molecule has 0 radical (unpaired) electrons. The first-order valence-electron chi connectivity index (χ1n) is 6.04. The van der Waals surface area contributed by atoms with Crippen molar-refractivity contribution in [2.24, 2.45) is 0 Å². The van der Waals surface area contributed by atoms with Gasteiger partial charge >= 0.3 is 5.97 Å². The number of benzene rings is 1. The molecule has 0 fully saturated rings. The average Bonchev–Trinajstić information content (AvgIpc) is 2.35. The zero-order valence-electron chi connectivity index (χ0n) is 10.1. The van der Waals surface area contributed by atoms with Crippen LogP contribution in [0.4, 0.5) is 0 Å². The van der Waals surface area contributed by atoms with Crippen LogP contribution < -0.4 is 4.74 Å². The highest BCUT2D eigenvalue weighted by Gasteiger charge is 2.15. The van der Waals surface area contributed by atoms with E-state index in [1.54, 1.807) is 24.3 Å². The number of carbonyl (C=O) groups is 2. The average molecular weight is 234 g/mol. The summed E-state index contributed by atoms with van der Waals surface area (Å²) < 4.78 is 4.94. The molecule has 1 rings (SSSR count). The summed E-state index contributed by atoms with van der Waals surface area (Å²) in [6.45, 7) is 2.10. The molecule has 0 N–H and O–H groups in total. The molecule has 92 valence electrons. The van der Waals surface area contributed by atoms with E-state index in [0.717, 1.165) is 25.7 Å². The lowest BCUT2D eigenvalue weighted by molar-refractivity contribution is -0.147. The molecule has 0 unspecified atom stereocenters. The molecule has 1 aromatic rings. The van der Waals surface area contributed by atoms with Gasteiger partial charge in [-0.05, 0) is 18.6 Å². The molecule has 0 aliphatic carbocycles.